The van der Waals surface area contributed by atoms with E-state index in [2.05, 4.69) is 21.1 Å². The maximum absolute atomic E-state index is 11.0. The summed E-state index contributed by atoms with van der Waals surface area (Å²) >= 11 is 3.37. The van der Waals surface area contributed by atoms with Gasteiger partial charge in [0.25, 0.3) is 0 Å². The van der Waals surface area contributed by atoms with Crippen LogP contribution in [0.5, 0.6) is 11.6 Å². The number of halogens is 1. The third kappa shape index (κ3) is 3.28. The second-order valence-electron chi connectivity index (χ2n) is 5.59. The van der Waals surface area contributed by atoms with E-state index in [9.17, 15) is 10.0 Å². The number of rotatable bonds is 6. The maximum atomic E-state index is 11.0. The van der Waals surface area contributed by atoms with Crippen LogP contribution >= 0.6 is 15.9 Å². The first-order chi connectivity index (χ1) is 11.6. The van der Waals surface area contributed by atoms with Gasteiger partial charge in [-0.25, -0.2) is 0 Å². The first kappa shape index (κ1) is 16.5. The molecule has 0 aliphatic heterocycles. The maximum Gasteiger partial charge on any atom is 0.222 e. The van der Waals surface area contributed by atoms with E-state index in [4.69, 9.17) is 4.74 Å². The smallest absolute Gasteiger partial charge is 0.222 e. The SMILES string of the molecule is Cc1ccc(OCCCn2c(O)c(N=O)c3cc(Br)ccc32)cc1. The fourth-order valence-corrected chi connectivity index (χ4v) is 3.02. The van der Waals surface area contributed by atoms with Gasteiger partial charge in [-0.2, -0.15) is 0 Å². The van der Waals surface area contributed by atoms with Gasteiger partial charge in [0.1, 0.15) is 5.75 Å². The molecule has 0 saturated heterocycles. The van der Waals surface area contributed by atoms with Crippen LogP contribution < -0.4 is 4.74 Å². The van der Waals surface area contributed by atoms with Gasteiger partial charge in [0.15, 0.2) is 5.69 Å². The van der Waals surface area contributed by atoms with Crippen molar-refractivity contribution in [3.8, 4) is 11.6 Å². The molecule has 24 heavy (non-hydrogen) atoms. The summed E-state index contributed by atoms with van der Waals surface area (Å²) in [6.07, 6.45) is 0.694. The number of aromatic nitrogens is 1. The number of hydrogen-bond acceptors (Lipinski definition) is 4. The van der Waals surface area contributed by atoms with Crippen LogP contribution in [0.1, 0.15) is 12.0 Å². The van der Waals surface area contributed by atoms with Crippen molar-refractivity contribution in [1.82, 2.24) is 4.57 Å². The minimum absolute atomic E-state index is 0.0748. The van der Waals surface area contributed by atoms with Crippen LogP contribution in [0.15, 0.2) is 52.1 Å². The second-order valence-corrected chi connectivity index (χ2v) is 6.51. The molecular formula is C18H17BrN2O3. The van der Waals surface area contributed by atoms with Crippen molar-refractivity contribution < 1.29 is 9.84 Å². The molecule has 1 aromatic heterocycles. The lowest BCUT2D eigenvalue weighted by Gasteiger charge is -2.09. The number of benzene rings is 2. The summed E-state index contributed by atoms with van der Waals surface area (Å²) in [5.74, 6) is 0.717. The van der Waals surface area contributed by atoms with E-state index in [1.54, 1.807) is 10.6 Å². The average molecular weight is 389 g/mol. The summed E-state index contributed by atoms with van der Waals surface area (Å²) in [7, 11) is 0. The highest BCUT2D eigenvalue weighted by Crippen LogP contribution is 2.39. The minimum Gasteiger partial charge on any atom is -0.494 e. The van der Waals surface area contributed by atoms with E-state index in [1.165, 1.54) is 5.56 Å². The molecule has 5 nitrogen and oxygen atoms in total. The number of nitroso groups, excluding NO2 is 1. The third-order valence-electron chi connectivity index (χ3n) is 3.88. The molecule has 0 bridgehead atoms. The van der Waals surface area contributed by atoms with Gasteiger partial charge in [-0.3, -0.25) is 0 Å². The third-order valence-corrected chi connectivity index (χ3v) is 4.37. The number of aromatic hydroxyl groups is 1. The van der Waals surface area contributed by atoms with E-state index < -0.39 is 0 Å². The Hall–Kier alpha value is -2.34. The molecule has 2 aromatic carbocycles. The van der Waals surface area contributed by atoms with Crippen molar-refractivity contribution >= 4 is 32.5 Å². The number of fused-ring (bicyclic) bond motifs is 1. The highest BCUT2D eigenvalue weighted by Gasteiger charge is 2.17. The van der Waals surface area contributed by atoms with Gasteiger partial charge < -0.3 is 14.4 Å². The molecule has 6 heteroatoms. The first-order valence-electron chi connectivity index (χ1n) is 7.63. The van der Waals surface area contributed by atoms with E-state index in [-0.39, 0.29) is 11.6 Å². The molecule has 0 radical (unpaired) electrons. The molecule has 1 heterocycles. The summed E-state index contributed by atoms with van der Waals surface area (Å²) in [5.41, 5.74) is 2.04. The van der Waals surface area contributed by atoms with Gasteiger partial charge >= 0.3 is 0 Å². The molecule has 0 fully saturated rings. The van der Waals surface area contributed by atoms with E-state index in [0.717, 1.165) is 15.7 Å². The largest absolute Gasteiger partial charge is 0.494 e. The zero-order valence-corrected chi connectivity index (χ0v) is 14.8. The van der Waals surface area contributed by atoms with Crippen molar-refractivity contribution in [2.45, 2.75) is 19.9 Å². The minimum atomic E-state index is -0.103. The van der Waals surface area contributed by atoms with Crippen molar-refractivity contribution in [3.05, 3.63) is 57.4 Å². The molecule has 1 N–H and O–H groups in total. The van der Waals surface area contributed by atoms with Crippen LogP contribution in [0.3, 0.4) is 0 Å². The molecule has 0 atom stereocenters. The highest BCUT2D eigenvalue weighted by molar-refractivity contribution is 9.10. The van der Waals surface area contributed by atoms with Gasteiger partial charge in [0.2, 0.25) is 5.88 Å². The molecule has 0 saturated carbocycles. The standard InChI is InChI=1S/C18H17BrN2O3/c1-12-3-6-14(7-4-12)24-10-2-9-21-16-8-5-13(19)11-15(16)17(20-23)18(21)22/h3-8,11,22H,2,9-10H2,1H3. The van der Waals surface area contributed by atoms with E-state index in [0.29, 0.717) is 25.0 Å². The van der Waals surface area contributed by atoms with Gasteiger partial charge in [0.05, 0.1) is 12.1 Å². The first-order valence-corrected chi connectivity index (χ1v) is 8.43. The molecule has 0 unspecified atom stereocenters. The molecule has 3 aromatic rings. The zero-order chi connectivity index (χ0) is 17.1. The number of aryl methyl sites for hydroxylation is 2. The highest BCUT2D eigenvalue weighted by atomic mass is 79.9. The van der Waals surface area contributed by atoms with Crippen LogP contribution in [0.25, 0.3) is 10.9 Å². The second kappa shape index (κ2) is 7.05. The molecular weight excluding hydrogens is 372 g/mol. The Labute approximate surface area is 148 Å². The van der Waals surface area contributed by atoms with Crippen LogP contribution in [0.4, 0.5) is 5.69 Å². The van der Waals surface area contributed by atoms with E-state index in [1.807, 2.05) is 43.3 Å². The fourth-order valence-electron chi connectivity index (χ4n) is 2.66. The van der Waals surface area contributed by atoms with Crippen LogP contribution in [-0.4, -0.2) is 16.3 Å². The topological polar surface area (TPSA) is 63.8 Å². The van der Waals surface area contributed by atoms with E-state index >= 15 is 0 Å². The van der Waals surface area contributed by atoms with Crippen molar-refractivity contribution in [3.63, 3.8) is 0 Å². The normalized spacial score (nSPS) is 10.9. The summed E-state index contributed by atoms with van der Waals surface area (Å²) in [4.78, 5) is 11.0. The Morgan fingerprint density at radius 3 is 2.67 bits per heavy atom. The molecule has 0 aliphatic rings. The Balaban J connectivity index is 1.72. The average Bonchev–Trinajstić information content (AvgIpc) is 2.83. The van der Waals surface area contributed by atoms with Gasteiger partial charge in [-0.05, 0) is 48.9 Å². The molecule has 124 valence electrons. The molecule has 0 spiro atoms. The predicted octanol–water partition coefficient (Wildman–Crippen LogP) is 5.28. The lowest BCUT2D eigenvalue weighted by atomic mass is 10.2. The number of nitrogens with zero attached hydrogens (tertiary/aromatic N) is 2. The van der Waals surface area contributed by atoms with Crippen molar-refractivity contribution in [2.75, 3.05) is 6.61 Å². The van der Waals surface area contributed by atoms with Gasteiger partial charge in [-0.15, -0.1) is 4.91 Å². The lowest BCUT2D eigenvalue weighted by molar-refractivity contribution is 0.298. The van der Waals surface area contributed by atoms with Crippen LogP contribution in [-0.2, 0) is 6.54 Å². The number of hydrogen-bond donors (Lipinski definition) is 1. The lowest BCUT2D eigenvalue weighted by Crippen LogP contribution is -2.04. The van der Waals surface area contributed by atoms with Crippen LogP contribution in [0.2, 0.25) is 0 Å². The Bertz CT molecular complexity index is 872. The monoisotopic (exact) mass is 388 g/mol. The zero-order valence-electron chi connectivity index (χ0n) is 13.2. The Morgan fingerprint density at radius 2 is 1.96 bits per heavy atom. The van der Waals surface area contributed by atoms with Gasteiger partial charge in [-0.1, -0.05) is 33.6 Å². The number of ether oxygens (including phenoxy) is 1. The summed E-state index contributed by atoms with van der Waals surface area (Å²) in [6.45, 7) is 3.08. The Kier molecular flexibility index (Phi) is 4.85. The molecule has 3 rings (SSSR count). The summed E-state index contributed by atoms with van der Waals surface area (Å²) < 4.78 is 8.22. The molecule has 0 aliphatic carbocycles. The fraction of sp³-hybridized carbons (Fsp3) is 0.222. The van der Waals surface area contributed by atoms with Crippen LogP contribution in [0, 0.1) is 11.8 Å². The summed E-state index contributed by atoms with van der Waals surface area (Å²) in [5, 5.41) is 13.9. The quantitative estimate of drug-likeness (QED) is 0.461. The van der Waals surface area contributed by atoms with Crippen molar-refractivity contribution in [1.29, 1.82) is 0 Å². The Morgan fingerprint density at radius 1 is 1.21 bits per heavy atom. The van der Waals surface area contributed by atoms with Crippen molar-refractivity contribution in [2.24, 2.45) is 5.18 Å². The summed E-state index contributed by atoms with van der Waals surface area (Å²) in [6, 6.07) is 13.4. The molecule has 0 amide bonds. The predicted molar refractivity (Wildman–Crippen MR) is 98.0 cm³/mol. The van der Waals surface area contributed by atoms with Gasteiger partial charge in [0, 0.05) is 16.4 Å².